The molecule has 5 aromatic carbocycles. The summed E-state index contributed by atoms with van der Waals surface area (Å²) in [7, 11) is 0. The van der Waals surface area contributed by atoms with E-state index in [2.05, 4.69) is 13.8 Å². The van der Waals surface area contributed by atoms with Gasteiger partial charge in [-0.05, 0) is 36.1 Å². The third-order valence-corrected chi connectivity index (χ3v) is 11.5. The molecule has 5 rings (SSSR count). The van der Waals surface area contributed by atoms with Crippen LogP contribution in [0.5, 0.6) is 23.0 Å². The van der Waals surface area contributed by atoms with Crippen molar-refractivity contribution in [2.75, 3.05) is 13.2 Å². The maximum atomic E-state index is 11.4. The Labute approximate surface area is 404 Å². The van der Waals surface area contributed by atoms with Crippen LogP contribution in [0.25, 0.3) is 22.3 Å². The number of para-hydroxylation sites is 2. The first-order chi connectivity index (χ1) is 32.0. The van der Waals surface area contributed by atoms with Gasteiger partial charge >= 0.3 is 32.3 Å². The number of hydrogen-bond donors (Lipinski definition) is 2. The second kappa shape index (κ2) is 32.9. The first-order valence-corrected chi connectivity index (χ1v) is 27.7. The van der Waals surface area contributed by atoms with Crippen molar-refractivity contribution in [1.29, 1.82) is 0 Å². The zero-order chi connectivity index (χ0) is 46.2. The van der Waals surface area contributed by atoms with E-state index in [4.69, 9.17) is 23.9 Å². The van der Waals surface area contributed by atoms with Gasteiger partial charge in [0.25, 0.3) is 0 Å². The van der Waals surface area contributed by atoms with E-state index in [-0.39, 0.29) is 11.5 Å². The molecule has 0 atom stereocenters. The molecule has 346 valence electrons. The van der Waals surface area contributed by atoms with Crippen LogP contribution >= 0.6 is 0 Å². The van der Waals surface area contributed by atoms with Gasteiger partial charge in [-0.2, -0.15) is 0 Å². The van der Waals surface area contributed by atoms with Gasteiger partial charge in [-0.25, -0.2) is 0 Å². The SMILES string of the molecule is CCCCCCCCCCCCOc1cc(N=Cc2cccc(-c3ccccc3)c2O)c(N=Cc2cccc(-c3ccccc3)c2O)cc1OCCCCCCCCCCCC.[O]=[U]=[O]. The summed E-state index contributed by atoms with van der Waals surface area (Å²) in [4.78, 5) is 9.89. The fourth-order valence-corrected chi connectivity index (χ4v) is 7.82. The van der Waals surface area contributed by atoms with Crippen molar-refractivity contribution in [2.45, 2.75) is 142 Å². The molecule has 0 spiro atoms. The molecule has 0 radical (unpaired) electrons. The summed E-state index contributed by atoms with van der Waals surface area (Å²) in [5, 5.41) is 22.8. The van der Waals surface area contributed by atoms with Gasteiger partial charge in [0.15, 0.2) is 11.5 Å². The van der Waals surface area contributed by atoms with Crippen LogP contribution < -0.4 is 9.47 Å². The Morgan fingerprint density at radius 1 is 0.446 bits per heavy atom. The topological polar surface area (TPSA) is 118 Å². The van der Waals surface area contributed by atoms with E-state index in [1.54, 1.807) is 12.4 Å². The normalized spacial score (nSPS) is 11.1. The minimum atomic E-state index is -2.51. The quantitative estimate of drug-likeness (QED) is 0.0349. The number of rotatable bonds is 30. The summed E-state index contributed by atoms with van der Waals surface area (Å²) in [6, 6.07) is 34.9. The molecule has 0 saturated carbocycles. The number of nitrogens with zero attached hydrogens (tertiary/aromatic N) is 2. The Hall–Kier alpha value is -4.71. The molecule has 0 heterocycles. The van der Waals surface area contributed by atoms with E-state index in [1.807, 2.05) is 109 Å². The van der Waals surface area contributed by atoms with Gasteiger partial charge in [0.05, 0.1) is 24.6 Å². The molecular weight excluding hydrogens is 1030 g/mol. The average Bonchev–Trinajstić information content (AvgIpc) is 3.33. The average molecular weight is 1110 g/mol. The van der Waals surface area contributed by atoms with Crippen LogP contribution in [-0.4, -0.2) is 35.9 Å². The summed E-state index contributed by atoms with van der Waals surface area (Å²) >= 11 is -2.51. The van der Waals surface area contributed by atoms with Gasteiger partial charge in [0, 0.05) is 46.8 Å². The summed E-state index contributed by atoms with van der Waals surface area (Å²) in [6.45, 7) is 5.70. The molecule has 65 heavy (non-hydrogen) atoms. The molecule has 8 nitrogen and oxygen atoms in total. The summed E-state index contributed by atoms with van der Waals surface area (Å²) in [6.07, 6.45) is 28.5. The number of phenols is 2. The Morgan fingerprint density at radius 2 is 0.769 bits per heavy atom. The van der Waals surface area contributed by atoms with Crippen molar-refractivity contribution in [2.24, 2.45) is 9.98 Å². The Morgan fingerprint density at radius 3 is 1.11 bits per heavy atom. The van der Waals surface area contributed by atoms with E-state index in [0.29, 0.717) is 47.2 Å². The predicted octanol–water partition coefficient (Wildman–Crippen LogP) is 16.3. The maximum absolute atomic E-state index is 11.4. The number of benzene rings is 5. The first kappa shape index (κ1) is 52.9. The van der Waals surface area contributed by atoms with Crippen molar-refractivity contribution in [3.8, 4) is 45.3 Å². The Kier molecular flexibility index (Phi) is 26.8. The second-order valence-corrected chi connectivity index (χ2v) is 17.4. The van der Waals surface area contributed by atoms with Gasteiger partial charge in [-0.3, -0.25) is 9.98 Å². The Balaban J connectivity index is 0.00000300. The molecular formula is C56H72N2O6U. The van der Waals surface area contributed by atoms with Crippen LogP contribution in [0.2, 0.25) is 0 Å². The molecule has 5 aromatic rings. The van der Waals surface area contributed by atoms with E-state index >= 15 is 0 Å². The summed E-state index contributed by atoms with van der Waals surface area (Å²) < 4.78 is 30.2. The molecule has 2 N–H and O–H groups in total. The molecule has 0 aliphatic heterocycles. The zero-order valence-corrected chi connectivity index (χ0v) is 43.2. The number of phenolic OH excluding ortho intramolecular Hbond substituents is 2. The molecule has 0 aromatic heterocycles. The predicted molar refractivity (Wildman–Crippen MR) is 264 cm³/mol. The molecule has 9 heteroatoms. The molecule has 0 saturated heterocycles. The van der Waals surface area contributed by atoms with Crippen LogP contribution in [-0.2, 0) is 4.47 Å². The van der Waals surface area contributed by atoms with Gasteiger partial charge in [-0.1, -0.05) is 214 Å². The van der Waals surface area contributed by atoms with Gasteiger partial charge in [-0.15, -0.1) is 0 Å². The third kappa shape index (κ3) is 19.7. The van der Waals surface area contributed by atoms with E-state index < -0.39 is 27.8 Å². The Bertz CT molecular complexity index is 2020. The van der Waals surface area contributed by atoms with Crippen molar-refractivity contribution in [3.63, 3.8) is 0 Å². The fraction of sp³-hybridized carbons (Fsp3) is 0.429. The van der Waals surface area contributed by atoms with Crippen LogP contribution in [0.15, 0.2) is 119 Å². The van der Waals surface area contributed by atoms with E-state index in [1.165, 1.54) is 103 Å². The zero-order valence-electron chi connectivity index (χ0n) is 39.0. The van der Waals surface area contributed by atoms with Crippen LogP contribution in [0.4, 0.5) is 11.4 Å². The number of aromatic hydroxyl groups is 2. The molecule has 0 unspecified atom stereocenters. The molecule has 0 amide bonds. The molecule has 0 aliphatic rings. The number of ether oxygens (including phenoxy) is 2. The van der Waals surface area contributed by atoms with Gasteiger partial charge < -0.3 is 19.7 Å². The summed E-state index contributed by atoms with van der Waals surface area (Å²) in [5.74, 6) is 1.58. The van der Waals surface area contributed by atoms with Gasteiger partial charge in [0.1, 0.15) is 11.5 Å². The van der Waals surface area contributed by atoms with Crippen molar-refractivity contribution in [1.82, 2.24) is 0 Å². The van der Waals surface area contributed by atoms with E-state index in [9.17, 15) is 10.2 Å². The fourth-order valence-electron chi connectivity index (χ4n) is 7.82. The van der Waals surface area contributed by atoms with Crippen molar-refractivity contribution in [3.05, 3.63) is 120 Å². The van der Waals surface area contributed by atoms with Crippen LogP contribution in [0, 0.1) is 27.8 Å². The molecule has 0 aliphatic carbocycles. The number of unbranched alkanes of at least 4 members (excludes halogenated alkanes) is 18. The third-order valence-electron chi connectivity index (χ3n) is 11.5. The first-order valence-electron chi connectivity index (χ1n) is 24.3. The summed E-state index contributed by atoms with van der Waals surface area (Å²) in [5.41, 5.74) is 5.62. The van der Waals surface area contributed by atoms with Crippen molar-refractivity contribution >= 4 is 23.8 Å². The minimum absolute atomic E-state index is 0.157. The van der Waals surface area contributed by atoms with Crippen molar-refractivity contribution < 1.29 is 52.0 Å². The molecule has 0 bridgehead atoms. The monoisotopic (exact) mass is 1110 g/mol. The number of aliphatic imine (C=N–C) groups is 2. The van der Waals surface area contributed by atoms with Gasteiger partial charge in [0.2, 0.25) is 0 Å². The van der Waals surface area contributed by atoms with E-state index in [0.717, 1.165) is 47.9 Å². The standard InChI is InChI=1S/C56H72N2O4.2O.U/c1-3-5-7-9-11-13-15-17-19-27-39-61-53-41-51(57-43-47-35-29-37-49(55(47)59)45-31-23-21-24-32-45)52(42-54(53)62-40-28-20-18-16-14-12-10-8-6-4-2)58-44-48-36-30-38-50(56(48)60)46-33-25-22-26-34-46;;;/h21-26,29-38,41-44,59-60H,3-20,27-28,39-40H2,1-2H3;;;. The second-order valence-electron chi connectivity index (χ2n) is 16.7. The van der Waals surface area contributed by atoms with Crippen LogP contribution in [0.1, 0.15) is 153 Å². The van der Waals surface area contributed by atoms with Crippen LogP contribution in [0.3, 0.4) is 0 Å². The number of hydrogen-bond acceptors (Lipinski definition) is 8. The molecule has 0 fully saturated rings.